The summed E-state index contributed by atoms with van der Waals surface area (Å²) in [6.45, 7) is 3.75. The molecule has 1 aromatic carbocycles. The molecule has 0 bridgehead atoms. The first-order valence-corrected chi connectivity index (χ1v) is 9.11. The molecule has 1 aromatic heterocycles. The van der Waals surface area contributed by atoms with E-state index >= 15 is 0 Å². The van der Waals surface area contributed by atoms with Gasteiger partial charge in [-0.2, -0.15) is 0 Å². The van der Waals surface area contributed by atoms with E-state index in [-0.39, 0.29) is 23.6 Å². The van der Waals surface area contributed by atoms with Crippen molar-refractivity contribution >= 4 is 17.6 Å². The molecular weight excluding hydrogens is 348 g/mol. The van der Waals surface area contributed by atoms with E-state index in [0.29, 0.717) is 38.5 Å². The fourth-order valence-electron chi connectivity index (χ4n) is 3.40. The van der Waals surface area contributed by atoms with Gasteiger partial charge >= 0.3 is 0 Å². The fraction of sp³-hybridized carbons (Fsp3) is 0.421. The van der Waals surface area contributed by atoms with Gasteiger partial charge in [-0.15, -0.1) is 0 Å². The van der Waals surface area contributed by atoms with Crippen molar-refractivity contribution < 1.29 is 18.8 Å². The van der Waals surface area contributed by atoms with Crippen molar-refractivity contribution in [3.8, 4) is 0 Å². The van der Waals surface area contributed by atoms with Crippen molar-refractivity contribution in [2.75, 3.05) is 37.7 Å². The van der Waals surface area contributed by atoms with Crippen LogP contribution in [0.1, 0.15) is 22.5 Å². The van der Waals surface area contributed by atoms with Crippen molar-refractivity contribution in [3.63, 3.8) is 0 Å². The van der Waals surface area contributed by atoms with Gasteiger partial charge in [-0.25, -0.2) is 0 Å². The maximum atomic E-state index is 12.5. The van der Waals surface area contributed by atoms with Crippen LogP contribution in [0.3, 0.4) is 0 Å². The molecule has 1 atom stereocenters. The first kappa shape index (κ1) is 17.5. The number of benzene rings is 1. The number of likely N-dealkylation sites (tertiary alicyclic amines) is 1. The average molecular weight is 370 g/mol. The Balaban J connectivity index is 1.33. The second-order valence-electron chi connectivity index (χ2n) is 6.78. The summed E-state index contributed by atoms with van der Waals surface area (Å²) in [6, 6.07) is 11.2. The van der Waals surface area contributed by atoms with Crippen LogP contribution < -0.4 is 10.2 Å². The molecule has 0 saturated carbocycles. The van der Waals surface area contributed by atoms with Crippen LogP contribution in [0.25, 0.3) is 0 Å². The molecule has 142 valence electrons. The summed E-state index contributed by atoms with van der Waals surface area (Å²) < 4.78 is 10.5. The van der Waals surface area contributed by atoms with Crippen LogP contribution >= 0.6 is 0 Å². The number of amides is 2. The highest BCUT2D eigenvalue weighted by molar-refractivity contribution is 5.93. The Morgan fingerprint density at radius 3 is 2.78 bits per heavy atom. The van der Waals surface area contributed by atoms with E-state index in [2.05, 4.69) is 10.5 Å². The summed E-state index contributed by atoms with van der Waals surface area (Å²) in [5.74, 6) is 0.485. The highest BCUT2D eigenvalue weighted by Crippen LogP contribution is 2.18. The lowest BCUT2D eigenvalue weighted by atomic mass is 10.2. The number of ether oxygens (including phenoxy) is 1. The van der Waals surface area contributed by atoms with E-state index in [1.807, 2.05) is 35.2 Å². The lowest BCUT2D eigenvalue weighted by molar-refractivity contribution is -0.128. The van der Waals surface area contributed by atoms with Crippen LogP contribution in [-0.2, 0) is 16.1 Å². The van der Waals surface area contributed by atoms with Gasteiger partial charge in [0.05, 0.1) is 19.3 Å². The molecule has 3 heterocycles. The molecule has 2 fully saturated rings. The minimum absolute atomic E-state index is 0.0377. The minimum Gasteiger partial charge on any atom is -0.378 e. The Hall–Kier alpha value is -2.87. The Morgan fingerprint density at radius 2 is 2.00 bits per heavy atom. The molecule has 0 radical (unpaired) electrons. The molecule has 0 aliphatic carbocycles. The SMILES string of the molecule is O=C(NC1CC(=O)N(Cc2ccccc2)C1)c1cc(N2CCOCC2)no1. The highest BCUT2D eigenvalue weighted by atomic mass is 16.5. The minimum atomic E-state index is -0.346. The highest BCUT2D eigenvalue weighted by Gasteiger charge is 2.31. The van der Waals surface area contributed by atoms with Crippen LogP contribution in [0.4, 0.5) is 5.82 Å². The maximum absolute atomic E-state index is 12.5. The zero-order chi connectivity index (χ0) is 18.6. The predicted molar refractivity (Wildman–Crippen MR) is 97.3 cm³/mol. The summed E-state index contributed by atoms with van der Waals surface area (Å²) in [4.78, 5) is 28.5. The largest absolute Gasteiger partial charge is 0.378 e. The first-order chi connectivity index (χ1) is 13.2. The normalized spacial score (nSPS) is 20.1. The molecule has 2 aliphatic rings. The predicted octanol–water partition coefficient (Wildman–Crippen LogP) is 1.04. The van der Waals surface area contributed by atoms with Gasteiger partial charge in [0.15, 0.2) is 5.82 Å². The molecular formula is C19H22N4O4. The third-order valence-corrected chi connectivity index (χ3v) is 4.82. The molecule has 2 amide bonds. The molecule has 2 aromatic rings. The van der Waals surface area contributed by atoms with Gasteiger partial charge < -0.3 is 24.4 Å². The number of nitrogens with zero attached hydrogens (tertiary/aromatic N) is 3. The molecule has 2 aliphatic heterocycles. The van der Waals surface area contributed by atoms with Crippen LogP contribution in [0, 0.1) is 0 Å². The Kier molecular flexibility index (Phi) is 5.06. The average Bonchev–Trinajstić information content (AvgIpc) is 3.31. The van der Waals surface area contributed by atoms with E-state index in [4.69, 9.17) is 9.26 Å². The third kappa shape index (κ3) is 4.11. The van der Waals surface area contributed by atoms with E-state index in [9.17, 15) is 9.59 Å². The third-order valence-electron chi connectivity index (χ3n) is 4.82. The Bertz CT molecular complexity index is 801. The zero-order valence-electron chi connectivity index (χ0n) is 15.0. The molecule has 8 heteroatoms. The summed E-state index contributed by atoms with van der Waals surface area (Å²) in [5, 5.41) is 6.86. The van der Waals surface area contributed by atoms with E-state index in [0.717, 1.165) is 18.7 Å². The van der Waals surface area contributed by atoms with Crippen LogP contribution in [0.5, 0.6) is 0 Å². The number of hydrogen-bond acceptors (Lipinski definition) is 6. The topological polar surface area (TPSA) is 87.9 Å². The number of morpholine rings is 1. The lowest BCUT2D eigenvalue weighted by Gasteiger charge is -2.25. The van der Waals surface area contributed by atoms with Gasteiger partial charge in [-0.1, -0.05) is 35.5 Å². The van der Waals surface area contributed by atoms with E-state index in [1.54, 1.807) is 11.0 Å². The van der Waals surface area contributed by atoms with Crippen molar-refractivity contribution in [2.45, 2.75) is 19.0 Å². The number of hydrogen-bond donors (Lipinski definition) is 1. The monoisotopic (exact) mass is 370 g/mol. The number of carbonyl (C=O) groups is 2. The standard InChI is InChI=1S/C19H22N4O4/c24-18-10-15(13-23(18)12-14-4-2-1-3-5-14)20-19(25)16-11-17(21-27-16)22-6-8-26-9-7-22/h1-5,11,15H,6-10,12-13H2,(H,20,25). The number of carbonyl (C=O) groups excluding carboxylic acids is 2. The van der Waals surface area contributed by atoms with Gasteiger partial charge in [0.1, 0.15) is 0 Å². The van der Waals surface area contributed by atoms with Crippen LogP contribution in [-0.4, -0.2) is 60.8 Å². The summed E-state index contributed by atoms with van der Waals surface area (Å²) in [6.07, 6.45) is 0.295. The number of nitrogens with one attached hydrogen (secondary N) is 1. The molecule has 1 N–H and O–H groups in total. The fourth-order valence-corrected chi connectivity index (χ4v) is 3.40. The van der Waals surface area contributed by atoms with E-state index < -0.39 is 0 Å². The summed E-state index contributed by atoms with van der Waals surface area (Å²) in [7, 11) is 0. The zero-order valence-corrected chi connectivity index (χ0v) is 15.0. The van der Waals surface area contributed by atoms with E-state index in [1.165, 1.54) is 0 Å². The van der Waals surface area contributed by atoms with Crippen molar-refractivity contribution in [2.24, 2.45) is 0 Å². The molecule has 4 rings (SSSR count). The van der Waals surface area contributed by atoms with Crippen molar-refractivity contribution in [1.29, 1.82) is 0 Å². The van der Waals surface area contributed by atoms with Gasteiger partial charge in [-0.3, -0.25) is 9.59 Å². The smallest absolute Gasteiger partial charge is 0.290 e. The number of aromatic nitrogens is 1. The Morgan fingerprint density at radius 1 is 1.22 bits per heavy atom. The molecule has 27 heavy (non-hydrogen) atoms. The maximum Gasteiger partial charge on any atom is 0.290 e. The van der Waals surface area contributed by atoms with Crippen molar-refractivity contribution in [1.82, 2.24) is 15.4 Å². The number of rotatable bonds is 5. The molecule has 1 unspecified atom stereocenters. The second kappa shape index (κ2) is 7.79. The molecule has 8 nitrogen and oxygen atoms in total. The molecule has 2 saturated heterocycles. The second-order valence-corrected chi connectivity index (χ2v) is 6.78. The number of anilines is 1. The quantitative estimate of drug-likeness (QED) is 0.846. The molecule has 0 spiro atoms. The van der Waals surface area contributed by atoms with Crippen LogP contribution in [0.15, 0.2) is 40.9 Å². The summed E-state index contributed by atoms with van der Waals surface area (Å²) in [5.41, 5.74) is 1.07. The van der Waals surface area contributed by atoms with Gasteiger partial charge in [0.25, 0.3) is 5.91 Å². The van der Waals surface area contributed by atoms with Crippen molar-refractivity contribution in [3.05, 3.63) is 47.7 Å². The van der Waals surface area contributed by atoms with Gasteiger partial charge in [-0.05, 0) is 5.56 Å². The van der Waals surface area contributed by atoms with Gasteiger partial charge in [0, 0.05) is 38.7 Å². The van der Waals surface area contributed by atoms with Crippen LogP contribution in [0.2, 0.25) is 0 Å². The van der Waals surface area contributed by atoms with Gasteiger partial charge in [0.2, 0.25) is 11.7 Å². The lowest BCUT2D eigenvalue weighted by Crippen LogP contribution is -2.37. The first-order valence-electron chi connectivity index (χ1n) is 9.11. The Labute approximate surface area is 157 Å². The summed E-state index contributed by atoms with van der Waals surface area (Å²) >= 11 is 0.